The van der Waals surface area contributed by atoms with E-state index in [2.05, 4.69) is 0 Å². The topological polar surface area (TPSA) is 43.1 Å². The Balaban J connectivity index is 2.14. The number of halogens is 4. The Kier molecular flexibility index (Phi) is 4.23. The third-order valence-corrected chi connectivity index (χ3v) is 3.31. The number of Topliss-reactive ketones (excluding diaryl/α,β-unsaturated/α-hetero) is 1. The molecule has 0 bridgehead atoms. The number of nitrogen functional groups attached to an aromatic ring is 1. The Morgan fingerprint density at radius 1 is 1.10 bits per heavy atom. The largest absolute Gasteiger partial charge is 0.416 e. The standard InChI is InChI=1S/C15H11ClF3NO/c16-12-6-3-10(8-13(12)20)14(21)7-9-1-4-11(5-2-9)15(17,18)19/h1-6,8H,7,20H2. The van der Waals surface area contributed by atoms with Crippen molar-refractivity contribution in [2.75, 3.05) is 5.73 Å². The minimum Gasteiger partial charge on any atom is -0.398 e. The van der Waals surface area contributed by atoms with Crippen molar-refractivity contribution in [3.05, 3.63) is 64.2 Å². The second-order valence-corrected chi connectivity index (χ2v) is 4.94. The molecule has 0 aromatic heterocycles. The zero-order valence-corrected chi connectivity index (χ0v) is 11.5. The fraction of sp³-hybridized carbons (Fsp3) is 0.133. The smallest absolute Gasteiger partial charge is 0.398 e. The molecule has 0 spiro atoms. The highest BCUT2D eigenvalue weighted by molar-refractivity contribution is 6.33. The molecule has 0 saturated heterocycles. The highest BCUT2D eigenvalue weighted by Crippen LogP contribution is 2.29. The average molecular weight is 314 g/mol. The first-order valence-electron chi connectivity index (χ1n) is 6.02. The van der Waals surface area contributed by atoms with Gasteiger partial charge in [-0.25, -0.2) is 0 Å². The maximum absolute atomic E-state index is 12.4. The van der Waals surface area contributed by atoms with Gasteiger partial charge in [-0.3, -0.25) is 4.79 Å². The van der Waals surface area contributed by atoms with Crippen molar-refractivity contribution in [2.24, 2.45) is 0 Å². The quantitative estimate of drug-likeness (QED) is 0.675. The van der Waals surface area contributed by atoms with Gasteiger partial charge in [-0.2, -0.15) is 13.2 Å². The first kappa shape index (κ1) is 15.4. The second-order valence-electron chi connectivity index (χ2n) is 4.53. The molecule has 2 aromatic rings. The SMILES string of the molecule is Nc1cc(C(=O)Cc2ccc(C(F)(F)F)cc2)ccc1Cl. The summed E-state index contributed by atoms with van der Waals surface area (Å²) in [5.74, 6) is -0.238. The average Bonchev–Trinajstić information content (AvgIpc) is 2.41. The summed E-state index contributed by atoms with van der Waals surface area (Å²) in [4.78, 5) is 12.0. The van der Waals surface area contributed by atoms with Gasteiger partial charge in [0.1, 0.15) is 0 Å². The number of benzene rings is 2. The van der Waals surface area contributed by atoms with Crippen LogP contribution in [0.25, 0.3) is 0 Å². The number of anilines is 1. The number of ketones is 1. The second kappa shape index (κ2) is 5.77. The Morgan fingerprint density at radius 2 is 1.71 bits per heavy atom. The maximum Gasteiger partial charge on any atom is 0.416 e. The molecule has 0 saturated carbocycles. The molecule has 2 rings (SSSR count). The van der Waals surface area contributed by atoms with Crippen molar-refractivity contribution in [1.29, 1.82) is 0 Å². The highest BCUT2D eigenvalue weighted by atomic mass is 35.5. The molecule has 6 heteroatoms. The van der Waals surface area contributed by atoms with E-state index < -0.39 is 11.7 Å². The summed E-state index contributed by atoms with van der Waals surface area (Å²) < 4.78 is 37.3. The molecule has 2 aromatic carbocycles. The lowest BCUT2D eigenvalue weighted by Crippen LogP contribution is -2.07. The van der Waals surface area contributed by atoms with Crippen LogP contribution in [0, 0.1) is 0 Å². The van der Waals surface area contributed by atoms with Crippen molar-refractivity contribution in [3.63, 3.8) is 0 Å². The van der Waals surface area contributed by atoms with E-state index in [0.717, 1.165) is 12.1 Å². The van der Waals surface area contributed by atoms with E-state index in [0.29, 0.717) is 16.1 Å². The lowest BCUT2D eigenvalue weighted by Gasteiger charge is -2.08. The van der Waals surface area contributed by atoms with Gasteiger partial charge in [-0.1, -0.05) is 23.7 Å². The molecular formula is C15H11ClF3NO. The summed E-state index contributed by atoms with van der Waals surface area (Å²) in [5, 5.41) is 0.348. The van der Waals surface area contributed by atoms with Crippen LogP contribution in [-0.4, -0.2) is 5.78 Å². The monoisotopic (exact) mass is 313 g/mol. The summed E-state index contributed by atoms with van der Waals surface area (Å²) in [7, 11) is 0. The first-order chi connectivity index (χ1) is 9.77. The summed E-state index contributed by atoms with van der Waals surface area (Å²) in [6.07, 6.45) is -4.38. The van der Waals surface area contributed by atoms with E-state index in [1.807, 2.05) is 0 Å². The van der Waals surface area contributed by atoms with Crippen LogP contribution < -0.4 is 5.73 Å². The molecule has 0 aliphatic carbocycles. The van der Waals surface area contributed by atoms with E-state index in [1.165, 1.54) is 30.3 Å². The van der Waals surface area contributed by atoms with Crippen LogP contribution in [0.3, 0.4) is 0 Å². The first-order valence-corrected chi connectivity index (χ1v) is 6.39. The third kappa shape index (κ3) is 3.76. The van der Waals surface area contributed by atoms with Crippen molar-refractivity contribution >= 4 is 23.1 Å². The van der Waals surface area contributed by atoms with E-state index in [9.17, 15) is 18.0 Å². The van der Waals surface area contributed by atoms with Gasteiger partial charge in [-0.05, 0) is 35.9 Å². The van der Waals surface area contributed by atoms with E-state index in [-0.39, 0.29) is 17.9 Å². The molecule has 0 radical (unpaired) electrons. The summed E-state index contributed by atoms with van der Waals surface area (Å²) in [6, 6.07) is 8.99. The van der Waals surface area contributed by atoms with Crippen molar-refractivity contribution < 1.29 is 18.0 Å². The minimum absolute atomic E-state index is 0.000784. The molecule has 2 nitrogen and oxygen atoms in total. The van der Waals surface area contributed by atoms with Crippen LogP contribution in [0.2, 0.25) is 5.02 Å². The Morgan fingerprint density at radius 3 is 2.24 bits per heavy atom. The van der Waals surface area contributed by atoms with Gasteiger partial charge < -0.3 is 5.73 Å². The predicted octanol–water partition coefficient (Wildman–Crippen LogP) is 4.37. The highest BCUT2D eigenvalue weighted by Gasteiger charge is 2.29. The number of alkyl halides is 3. The van der Waals surface area contributed by atoms with Crippen LogP contribution in [-0.2, 0) is 12.6 Å². The molecule has 0 unspecified atom stereocenters. The lowest BCUT2D eigenvalue weighted by atomic mass is 10.0. The molecule has 0 aliphatic heterocycles. The van der Waals surface area contributed by atoms with Crippen LogP contribution >= 0.6 is 11.6 Å². The number of hydrogen-bond acceptors (Lipinski definition) is 2. The minimum atomic E-state index is -4.38. The van der Waals surface area contributed by atoms with Crippen molar-refractivity contribution in [3.8, 4) is 0 Å². The number of rotatable bonds is 3. The molecule has 0 amide bonds. The van der Waals surface area contributed by atoms with Crippen molar-refractivity contribution in [2.45, 2.75) is 12.6 Å². The normalized spacial score (nSPS) is 11.4. The number of nitrogens with two attached hydrogens (primary N) is 1. The molecule has 0 aliphatic rings. The Bertz CT molecular complexity index is 666. The number of hydrogen-bond donors (Lipinski definition) is 1. The fourth-order valence-electron chi connectivity index (χ4n) is 1.82. The Labute approximate surface area is 124 Å². The van der Waals surface area contributed by atoms with Gasteiger partial charge in [0.05, 0.1) is 16.3 Å². The molecule has 0 heterocycles. The molecule has 2 N–H and O–H groups in total. The summed E-state index contributed by atoms with van der Waals surface area (Å²) in [6.45, 7) is 0. The van der Waals surface area contributed by atoms with Gasteiger partial charge in [0, 0.05) is 12.0 Å². The van der Waals surface area contributed by atoms with Crippen molar-refractivity contribution in [1.82, 2.24) is 0 Å². The predicted molar refractivity (Wildman–Crippen MR) is 75.3 cm³/mol. The van der Waals surface area contributed by atoms with E-state index >= 15 is 0 Å². The number of carbonyl (C=O) groups is 1. The van der Waals surface area contributed by atoms with E-state index in [4.69, 9.17) is 17.3 Å². The molecule has 0 atom stereocenters. The van der Waals surface area contributed by atoms with E-state index in [1.54, 1.807) is 0 Å². The van der Waals surface area contributed by atoms with Gasteiger partial charge >= 0.3 is 6.18 Å². The summed E-state index contributed by atoms with van der Waals surface area (Å²) in [5.41, 5.74) is 6.03. The van der Waals surface area contributed by atoms with Crippen LogP contribution in [0.4, 0.5) is 18.9 Å². The lowest BCUT2D eigenvalue weighted by molar-refractivity contribution is -0.137. The molecule has 0 fully saturated rings. The molecule has 110 valence electrons. The third-order valence-electron chi connectivity index (χ3n) is 2.96. The van der Waals surface area contributed by atoms with Gasteiger partial charge in [0.25, 0.3) is 0 Å². The molecule has 21 heavy (non-hydrogen) atoms. The number of carbonyl (C=O) groups excluding carboxylic acids is 1. The zero-order valence-electron chi connectivity index (χ0n) is 10.7. The maximum atomic E-state index is 12.4. The summed E-state index contributed by atoms with van der Waals surface area (Å²) >= 11 is 5.76. The van der Waals surface area contributed by atoms with Gasteiger partial charge in [0.2, 0.25) is 0 Å². The van der Waals surface area contributed by atoms with Gasteiger partial charge in [-0.15, -0.1) is 0 Å². The van der Waals surface area contributed by atoms with Crippen LogP contribution in [0.1, 0.15) is 21.5 Å². The van der Waals surface area contributed by atoms with Gasteiger partial charge in [0.15, 0.2) is 5.78 Å². The molecular weight excluding hydrogens is 303 g/mol. The fourth-order valence-corrected chi connectivity index (χ4v) is 1.93. The van der Waals surface area contributed by atoms with Crippen LogP contribution in [0.15, 0.2) is 42.5 Å². The Hall–Kier alpha value is -2.01. The zero-order chi connectivity index (χ0) is 15.6. The van der Waals surface area contributed by atoms with Crippen LogP contribution in [0.5, 0.6) is 0 Å².